The number of halogens is 2. The lowest BCUT2D eigenvalue weighted by Crippen LogP contribution is -1.99. The molecule has 0 saturated heterocycles. The molecule has 0 aliphatic heterocycles. The molecule has 3 rings (SSSR count). The van der Waals surface area contributed by atoms with Gasteiger partial charge in [0, 0.05) is 10.8 Å². The molecule has 0 spiro atoms. The third-order valence-electron chi connectivity index (χ3n) is 3.07. The van der Waals surface area contributed by atoms with E-state index in [2.05, 4.69) is 15.1 Å². The minimum atomic E-state index is 0.577. The molecule has 0 aliphatic rings. The van der Waals surface area contributed by atoms with Crippen LogP contribution in [0.4, 0.5) is 0 Å². The van der Waals surface area contributed by atoms with E-state index in [1.807, 2.05) is 38.1 Å². The van der Waals surface area contributed by atoms with Crippen LogP contribution in [0.5, 0.6) is 0 Å². The van der Waals surface area contributed by atoms with Gasteiger partial charge in [0.25, 0.3) is 5.78 Å². The smallest absolute Gasteiger partial charge is 0.215 e. The third-order valence-corrected chi connectivity index (χ3v) is 4.78. The lowest BCUT2D eigenvalue weighted by Gasteiger charge is -2.02. The number of nitrogens with zero attached hydrogens (tertiary/aromatic N) is 4. The topological polar surface area (TPSA) is 43.1 Å². The number of thioether (sulfide) groups is 1. The fraction of sp³-hybridized carbons (Fsp3) is 0.214. The zero-order valence-corrected chi connectivity index (χ0v) is 13.8. The van der Waals surface area contributed by atoms with Crippen molar-refractivity contribution in [1.82, 2.24) is 19.6 Å². The van der Waals surface area contributed by atoms with Crippen LogP contribution >= 0.6 is 35.0 Å². The molecule has 0 fully saturated rings. The number of hydrogen-bond acceptors (Lipinski definition) is 4. The molecule has 21 heavy (non-hydrogen) atoms. The Bertz CT molecular complexity index is 799. The Kier molecular flexibility index (Phi) is 4.06. The van der Waals surface area contributed by atoms with E-state index in [1.54, 1.807) is 16.3 Å². The fourth-order valence-corrected chi connectivity index (χ4v) is 2.95. The number of hydrogen-bond donors (Lipinski definition) is 0. The predicted molar refractivity (Wildman–Crippen MR) is 86.3 cm³/mol. The molecular weight excluding hydrogens is 327 g/mol. The van der Waals surface area contributed by atoms with Crippen LogP contribution in [-0.4, -0.2) is 19.6 Å². The van der Waals surface area contributed by atoms with E-state index in [-0.39, 0.29) is 0 Å². The highest BCUT2D eigenvalue weighted by Crippen LogP contribution is 2.24. The van der Waals surface area contributed by atoms with Crippen LogP contribution in [0.1, 0.15) is 17.0 Å². The number of aryl methyl sites for hydroxylation is 2. The zero-order chi connectivity index (χ0) is 15.0. The van der Waals surface area contributed by atoms with Crippen LogP contribution in [0.3, 0.4) is 0 Å². The molecule has 2 aromatic heterocycles. The Balaban J connectivity index is 1.85. The minimum absolute atomic E-state index is 0.577. The third kappa shape index (κ3) is 3.00. The van der Waals surface area contributed by atoms with Gasteiger partial charge in [-0.3, -0.25) is 0 Å². The Morgan fingerprint density at radius 2 is 1.81 bits per heavy atom. The van der Waals surface area contributed by atoms with Crippen LogP contribution in [0, 0.1) is 13.8 Å². The molecule has 0 aliphatic carbocycles. The summed E-state index contributed by atoms with van der Waals surface area (Å²) in [6.07, 6.45) is 0. The zero-order valence-electron chi connectivity index (χ0n) is 11.5. The Morgan fingerprint density at radius 3 is 2.52 bits per heavy atom. The minimum Gasteiger partial charge on any atom is -0.215 e. The highest BCUT2D eigenvalue weighted by atomic mass is 35.5. The molecule has 0 saturated carbocycles. The van der Waals surface area contributed by atoms with E-state index in [4.69, 9.17) is 23.2 Å². The first-order valence-electron chi connectivity index (χ1n) is 6.31. The summed E-state index contributed by atoms with van der Waals surface area (Å²) >= 11 is 13.6. The van der Waals surface area contributed by atoms with E-state index in [1.165, 1.54) is 5.56 Å². The average molecular weight is 339 g/mol. The van der Waals surface area contributed by atoms with Crippen LogP contribution < -0.4 is 0 Å². The van der Waals surface area contributed by atoms with Gasteiger partial charge in [-0.2, -0.15) is 9.50 Å². The van der Waals surface area contributed by atoms with Crippen molar-refractivity contribution in [3.05, 3.63) is 51.3 Å². The summed E-state index contributed by atoms with van der Waals surface area (Å²) in [5.41, 5.74) is 2.79. The molecule has 0 N–H and O–H groups in total. The monoisotopic (exact) mass is 338 g/mol. The Morgan fingerprint density at radius 1 is 1.10 bits per heavy atom. The maximum atomic E-state index is 6.18. The maximum Gasteiger partial charge on any atom is 0.253 e. The van der Waals surface area contributed by atoms with Crippen LogP contribution in [0.25, 0.3) is 5.78 Å². The summed E-state index contributed by atoms with van der Waals surface area (Å²) in [7, 11) is 0. The van der Waals surface area contributed by atoms with Gasteiger partial charge in [0.15, 0.2) is 0 Å². The molecule has 0 radical (unpaired) electrons. The number of rotatable bonds is 3. The largest absolute Gasteiger partial charge is 0.253 e. The van der Waals surface area contributed by atoms with Crippen molar-refractivity contribution in [1.29, 1.82) is 0 Å². The average Bonchev–Trinajstić information content (AvgIpc) is 2.87. The van der Waals surface area contributed by atoms with Crippen molar-refractivity contribution in [3.8, 4) is 0 Å². The summed E-state index contributed by atoms with van der Waals surface area (Å²) in [5, 5.41) is 6.49. The molecule has 0 unspecified atom stereocenters. The summed E-state index contributed by atoms with van der Waals surface area (Å²) < 4.78 is 1.68. The molecule has 108 valence electrons. The standard InChI is InChI=1S/C14H12Cl2N4S/c1-8-12(16)9(2)20-13(17-8)18-14(19-20)21-7-10-3-5-11(15)6-4-10/h3-6H,7H2,1-2H3. The van der Waals surface area contributed by atoms with Crippen LogP contribution in [-0.2, 0) is 5.75 Å². The first-order chi connectivity index (χ1) is 10.0. The lowest BCUT2D eigenvalue weighted by molar-refractivity contribution is 0.843. The number of benzene rings is 1. The van der Waals surface area contributed by atoms with Gasteiger partial charge in [0.1, 0.15) is 0 Å². The van der Waals surface area contributed by atoms with E-state index >= 15 is 0 Å². The fourth-order valence-electron chi connectivity index (χ4n) is 1.93. The van der Waals surface area contributed by atoms with Gasteiger partial charge in [0.2, 0.25) is 5.16 Å². The highest BCUT2D eigenvalue weighted by Gasteiger charge is 2.12. The Hall–Kier alpha value is -1.30. The van der Waals surface area contributed by atoms with Gasteiger partial charge in [-0.15, -0.1) is 5.10 Å². The summed E-state index contributed by atoms with van der Waals surface area (Å²) in [6.45, 7) is 3.77. The van der Waals surface area contributed by atoms with Crippen molar-refractivity contribution in [3.63, 3.8) is 0 Å². The van der Waals surface area contributed by atoms with E-state index in [0.29, 0.717) is 16.0 Å². The van der Waals surface area contributed by atoms with Crippen molar-refractivity contribution in [2.45, 2.75) is 24.8 Å². The van der Waals surface area contributed by atoms with Crippen LogP contribution in [0.2, 0.25) is 10.0 Å². The van der Waals surface area contributed by atoms with Crippen molar-refractivity contribution >= 4 is 40.7 Å². The molecule has 7 heteroatoms. The SMILES string of the molecule is Cc1nc2nc(SCc3ccc(Cl)cc3)nn2c(C)c1Cl. The van der Waals surface area contributed by atoms with Gasteiger partial charge >= 0.3 is 0 Å². The molecule has 0 amide bonds. The molecule has 1 aromatic carbocycles. The quantitative estimate of drug-likeness (QED) is 0.666. The first kappa shape index (κ1) is 14.6. The van der Waals surface area contributed by atoms with Gasteiger partial charge in [0.05, 0.1) is 16.4 Å². The van der Waals surface area contributed by atoms with Gasteiger partial charge < -0.3 is 0 Å². The first-order valence-corrected chi connectivity index (χ1v) is 8.05. The molecule has 0 atom stereocenters. The normalized spacial score (nSPS) is 11.2. The number of fused-ring (bicyclic) bond motifs is 1. The van der Waals surface area contributed by atoms with Gasteiger partial charge in [-0.25, -0.2) is 4.98 Å². The predicted octanol–water partition coefficient (Wildman–Crippen LogP) is 4.34. The summed E-state index contributed by atoms with van der Waals surface area (Å²) in [4.78, 5) is 8.78. The maximum absolute atomic E-state index is 6.18. The summed E-state index contributed by atoms with van der Waals surface area (Å²) in [6, 6.07) is 7.75. The van der Waals surface area contributed by atoms with Crippen LogP contribution in [0.15, 0.2) is 29.4 Å². The van der Waals surface area contributed by atoms with Gasteiger partial charge in [-0.1, -0.05) is 47.1 Å². The summed E-state index contributed by atoms with van der Waals surface area (Å²) in [5.74, 6) is 1.35. The van der Waals surface area contributed by atoms with E-state index < -0.39 is 0 Å². The molecular formula is C14H12Cl2N4S. The lowest BCUT2D eigenvalue weighted by atomic mass is 10.2. The second-order valence-electron chi connectivity index (χ2n) is 4.62. The van der Waals surface area contributed by atoms with E-state index in [9.17, 15) is 0 Å². The number of aromatic nitrogens is 4. The molecule has 3 aromatic rings. The Labute approximate surface area is 136 Å². The second-order valence-corrected chi connectivity index (χ2v) is 6.37. The molecule has 4 nitrogen and oxygen atoms in total. The van der Waals surface area contributed by atoms with E-state index in [0.717, 1.165) is 22.2 Å². The van der Waals surface area contributed by atoms with Gasteiger partial charge in [-0.05, 0) is 31.5 Å². The highest BCUT2D eigenvalue weighted by molar-refractivity contribution is 7.98. The van der Waals surface area contributed by atoms with Crippen molar-refractivity contribution in [2.75, 3.05) is 0 Å². The van der Waals surface area contributed by atoms with Crippen molar-refractivity contribution < 1.29 is 0 Å². The molecule has 0 bridgehead atoms. The van der Waals surface area contributed by atoms with Crippen molar-refractivity contribution in [2.24, 2.45) is 0 Å². The molecule has 2 heterocycles. The second kappa shape index (κ2) is 5.83.